The fourth-order valence-corrected chi connectivity index (χ4v) is 4.60. The molecular weight excluding hydrogens is 350 g/mol. The molecule has 6 heteroatoms. The molecule has 2 aromatic heterocycles. The van der Waals surface area contributed by atoms with Crippen LogP contribution in [0.3, 0.4) is 0 Å². The summed E-state index contributed by atoms with van der Waals surface area (Å²) in [7, 11) is 0. The van der Waals surface area contributed by atoms with Crippen LogP contribution in [0.1, 0.15) is 28.2 Å². The van der Waals surface area contributed by atoms with E-state index in [0.29, 0.717) is 5.11 Å². The Labute approximate surface area is 155 Å². The van der Waals surface area contributed by atoms with Crippen LogP contribution < -0.4 is 10.2 Å². The summed E-state index contributed by atoms with van der Waals surface area (Å²) in [4.78, 5) is 7.92. The number of anilines is 1. The topological polar surface area (TPSA) is 48.4 Å². The first-order valence-electron chi connectivity index (χ1n) is 7.99. The van der Waals surface area contributed by atoms with E-state index in [0.717, 1.165) is 11.4 Å². The summed E-state index contributed by atoms with van der Waals surface area (Å²) in [6.45, 7) is 2.12. The maximum Gasteiger partial charge on any atom is 0.174 e. The molecule has 4 nitrogen and oxygen atoms in total. The van der Waals surface area contributed by atoms with Crippen molar-refractivity contribution in [3.05, 3.63) is 76.2 Å². The smallest absolute Gasteiger partial charge is 0.174 e. The van der Waals surface area contributed by atoms with Gasteiger partial charge in [0.2, 0.25) is 0 Å². The zero-order valence-electron chi connectivity index (χ0n) is 13.6. The van der Waals surface area contributed by atoms with E-state index in [1.54, 1.807) is 23.5 Å². The van der Waals surface area contributed by atoms with Crippen LogP contribution in [0.4, 0.5) is 5.69 Å². The number of aromatic hydroxyl groups is 1. The minimum absolute atomic E-state index is 0.0203. The van der Waals surface area contributed by atoms with E-state index in [9.17, 15) is 5.11 Å². The van der Waals surface area contributed by atoms with E-state index >= 15 is 0 Å². The summed E-state index contributed by atoms with van der Waals surface area (Å²) < 4.78 is 0. The minimum Gasteiger partial charge on any atom is -0.508 e. The molecule has 1 aromatic carbocycles. The first-order valence-corrected chi connectivity index (χ1v) is 9.27. The largest absolute Gasteiger partial charge is 0.508 e. The Morgan fingerprint density at radius 3 is 2.60 bits per heavy atom. The van der Waals surface area contributed by atoms with E-state index in [-0.39, 0.29) is 17.8 Å². The summed E-state index contributed by atoms with van der Waals surface area (Å²) in [6, 6.07) is 15.2. The Morgan fingerprint density at radius 1 is 1.16 bits per heavy atom. The molecule has 0 radical (unpaired) electrons. The van der Waals surface area contributed by atoms with Crippen molar-refractivity contribution < 1.29 is 5.11 Å². The number of phenols is 1. The normalized spacial score (nSPS) is 19.9. The molecule has 2 atom stereocenters. The quantitative estimate of drug-likeness (QED) is 0.675. The minimum atomic E-state index is -0.0279. The van der Waals surface area contributed by atoms with Crippen molar-refractivity contribution in [3.8, 4) is 5.75 Å². The third kappa shape index (κ3) is 2.88. The van der Waals surface area contributed by atoms with Gasteiger partial charge < -0.3 is 15.3 Å². The Hall–Kier alpha value is -2.44. The first kappa shape index (κ1) is 16.1. The monoisotopic (exact) mass is 367 g/mol. The van der Waals surface area contributed by atoms with Gasteiger partial charge in [-0.15, -0.1) is 11.3 Å². The highest BCUT2D eigenvalue weighted by molar-refractivity contribution is 7.80. The molecule has 3 heterocycles. The van der Waals surface area contributed by atoms with Gasteiger partial charge in [-0.3, -0.25) is 4.98 Å². The molecule has 0 unspecified atom stereocenters. The van der Waals surface area contributed by atoms with E-state index in [1.165, 1.54) is 10.4 Å². The molecule has 1 aliphatic rings. The molecule has 0 amide bonds. The molecule has 1 fully saturated rings. The Morgan fingerprint density at radius 2 is 1.96 bits per heavy atom. The van der Waals surface area contributed by atoms with E-state index in [4.69, 9.17) is 12.2 Å². The van der Waals surface area contributed by atoms with Crippen LogP contribution in [0.25, 0.3) is 0 Å². The van der Waals surface area contributed by atoms with Gasteiger partial charge in [-0.25, -0.2) is 0 Å². The first-order chi connectivity index (χ1) is 12.1. The molecule has 1 saturated heterocycles. The van der Waals surface area contributed by atoms with Gasteiger partial charge in [0.05, 0.1) is 17.8 Å². The van der Waals surface area contributed by atoms with Gasteiger partial charge in [-0.05, 0) is 72.5 Å². The molecule has 25 heavy (non-hydrogen) atoms. The molecular formula is C19H17N3OS2. The second kappa shape index (κ2) is 6.46. The van der Waals surface area contributed by atoms with Crippen LogP contribution in [-0.2, 0) is 0 Å². The standard InChI is InChI=1S/C19H17N3OS2/c1-12-9-11-25-18(12)17-16(15-4-2-3-10-20-15)21-19(24)22(17)13-5-7-14(23)8-6-13/h2-11,16-17,23H,1H3,(H,21,24)/t16-,17-/m1/s1. The van der Waals surface area contributed by atoms with Crippen LogP contribution in [0.2, 0.25) is 0 Å². The Bertz CT molecular complexity index is 893. The molecule has 2 N–H and O–H groups in total. The number of phenolic OH excluding ortho intramolecular Hbond substituents is 1. The second-order valence-corrected chi connectivity index (χ2v) is 7.32. The van der Waals surface area contributed by atoms with Gasteiger partial charge in [0, 0.05) is 16.8 Å². The van der Waals surface area contributed by atoms with Gasteiger partial charge in [0.1, 0.15) is 5.75 Å². The van der Waals surface area contributed by atoms with Crippen LogP contribution in [0.5, 0.6) is 5.75 Å². The zero-order chi connectivity index (χ0) is 17.4. The third-order valence-electron chi connectivity index (χ3n) is 4.40. The Kier molecular flexibility index (Phi) is 4.15. The van der Waals surface area contributed by atoms with Crippen LogP contribution in [0.15, 0.2) is 60.1 Å². The number of nitrogens with one attached hydrogen (secondary N) is 1. The number of thiocarbonyl (C=S) groups is 1. The summed E-state index contributed by atoms with van der Waals surface area (Å²) in [5.74, 6) is 0.243. The number of aromatic nitrogens is 1. The second-order valence-electron chi connectivity index (χ2n) is 5.98. The lowest BCUT2D eigenvalue weighted by Crippen LogP contribution is -2.29. The molecule has 3 aromatic rings. The van der Waals surface area contributed by atoms with Crippen molar-refractivity contribution >= 4 is 34.4 Å². The van der Waals surface area contributed by atoms with Crippen molar-refractivity contribution in [1.29, 1.82) is 0 Å². The van der Waals surface area contributed by atoms with Gasteiger partial charge in [-0.2, -0.15) is 0 Å². The van der Waals surface area contributed by atoms with Crippen molar-refractivity contribution in [2.75, 3.05) is 4.90 Å². The van der Waals surface area contributed by atoms with Crippen LogP contribution in [-0.4, -0.2) is 15.2 Å². The van der Waals surface area contributed by atoms with Gasteiger partial charge >= 0.3 is 0 Å². The maximum atomic E-state index is 9.61. The fraction of sp³-hybridized carbons (Fsp3) is 0.158. The number of pyridine rings is 1. The lowest BCUT2D eigenvalue weighted by atomic mass is 10.0. The number of rotatable bonds is 3. The number of hydrogen-bond acceptors (Lipinski definition) is 4. The highest BCUT2D eigenvalue weighted by atomic mass is 32.1. The van der Waals surface area contributed by atoms with Gasteiger partial charge in [-0.1, -0.05) is 6.07 Å². The van der Waals surface area contributed by atoms with E-state index in [2.05, 4.69) is 33.6 Å². The number of thiophene rings is 1. The molecule has 0 bridgehead atoms. The van der Waals surface area contributed by atoms with Crippen molar-refractivity contribution in [2.45, 2.75) is 19.0 Å². The number of aryl methyl sites for hydroxylation is 1. The molecule has 4 rings (SSSR count). The maximum absolute atomic E-state index is 9.61. The molecule has 0 aliphatic carbocycles. The van der Waals surface area contributed by atoms with Crippen molar-refractivity contribution in [1.82, 2.24) is 10.3 Å². The molecule has 126 valence electrons. The molecule has 0 saturated carbocycles. The summed E-state index contributed by atoms with van der Waals surface area (Å²) in [6.07, 6.45) is 1.81. The lowest BCUT2D eigenvalue weighted by molar-refractivity contribution is 0.475. The summed E-state index contributed by atoms with van der Waals surface area (Å²) in [5.41, 5.74) is 3.15. The van der Waals surface area contributed by atoms with Crippen molar-refractivity contribution in [2.24, 2.45) is 0 Å². The fourth-order valence-electron chi connectivity index (χ4n) is 3.20. The predicted octanol–water partition coefficient (Wildman–Crippen LogP) is 4.33. The number of benzene rings is 1. The van der Waals surface area contributed by atoms with Crippen molar-refractivity contribution in [3.63, 3.8) is 0 Å². The van der Waals surface area contributed by atoms with Crippen LogP contribution >= 0.6 is 23.6 Å². The van der Waals surface area contributed by atoms with Gasteiger partial charge in [0.25, 0.3) is 0 Å². The molecule has 1 aliphatic heterocycles. The Balaban J connectivity index is 1.83. The third-order valence-corrected chi connectivity index (χ3v) is 5.80. The number of hydrogen-bond donors (Lipinski definition) is 2. The van der Waals surface area contributed by atoms with E-state index < -0.39 is 0 Å². The highest BCUT2D eigenvalue weighted by Gasteiger charge is 2.41. The molecule has 0 spiro atoms. The van der Waals surface area contributed by atoms with Gasteiger partial charge in [0.15, 0.2) is 5.11 Å². The summed E-state index contributed by atoms with van der Waals surface area (Å²) in [5, 5.41) is 15.8. The predicted molar refractivity (Wildman–Crippen MR) is 105 cm³/mol. The number of nitrogens with zero attached hydrogens (tertiary/aromatic N) is 2. The average Bonchev–Trinajstić information content (AvgIpc) is 3.19. The highest BCUT2D eigenvalue weighted by Crippen LogP contribution is 2.44. The van der Waals surface area contributed by atoms with E-state index in [1.807, 2.05) is 36.5 Å². The zero-order valence-corrected chi connectivity index (χ0v) is 15.2. The average molecular weight is 367 g/mol. The SMILES string of the molecule is Cc1ccsc1[C@H]1[C@@H](c2ccccn2)NC(=S)N1c1ccc(O)cc1. The van der Waals surface area contributed by atoms with Crippen LogP contribution in [0, 0.1) is 6.92 Å². The lowest BCUT2D eigenvalue weighted by Gasteiger charge is -2.27. The summed E-state index contributed by atoms with van der Waals surface area (Å²) >= 11 is 7.39.